The normalized spacial score (nSPS) is 23.8. The van der Waals surface area contributed by atoms with Gasteiger partial charge in [-0.05, 0) is 43.4 Å². The number of benzene rings is 1. The summed E-state index contributed by atoms with van der Waals surface area (Å²) in [4.78, 5) is 2.47. The lowest BCUT2D eigenvalue weighted by Gasteiger charge is -2.44. The smallest absolute Gasteiger partial charge is 0.0366 e. The Labute approximate surface area is 105 Å². The van der Waals surface area contributed by atoms with Crippen molar-refractivity contribution in [3.63, 3.8) is 0 Å². The van der Waals surface area contributed by atoms with Crippen molar-refractivity contribution in [2.24, 2.45) is 17.1 Å². The first-order chi connectivity index (χ1) is 8.03. The first kappa shape index (κ1) is 12.4. The van der Waals surface area contributed by atoms with E-state index < -0.39 is 0 Å². The highest BCUT2D eigenvalue weighted by Gasteiger charge is 2.34. The maximum Gasteiger partial charge on any atom is 0.0366 e. The second-order valence-electron chi connectivity index (χ2n) is 5.95. The standard InChI is InChI=1S/C15H24N2/c1-12-4-6-14(7-5-12)17-9-8-15(2,3)13(10-16)11-17/h4-7,13H,8-11,16H2,1-3H3. The van der Waals surface area contributed by atoms with Crippen molar-refractivity contribution < 1.29 is 0 Å². The molecule has 2 N–H and O–H groups in total. The zero-order valence-electron chi connectivity index (χ0n) is 11.2. The summed E-state index contributed by atoms with van der Waals surface area (Å²) in [5, 5.41) is 0. The molecule has 0 saturated carbocycles. The molecular weight excluding hydrogens is 208 g/mol. The summed E-state index contributed by atoms with van der Waals surface area (Å²) in [7, 11) is 0. The zero-order valence-corrected chi connectivity index (χ0v) is 11.2. The number of anilines is 1. The number of nitrogens with zero attached hydrogens (tertiary/aromatic N) is 1. The van der Waals surface area contributed by atoms with Gasteiger partial charge in [0.2, 0.25) is 0 Å². The number of piperidine rings is 1. The van der Waals surface area contributed by atoms with Gasteiger partial charge < -0.3 is 10.6 Å². The molecule has 0 bridgehead atoms. The van der Waals surface area contributed by atoms with Gasteiger partial charge in [-0.2, -0.15) is 0 Å². The molecule has 1 aliphatic rings. The Morgan fingerprint density at radius 3 is 2.53 bits per heavy atom. The topological polar surface area (TPSA) is 29.3 Å². The Morgan fingerprint density at radius 1 is 1.29 bits per heavy atom. The van der Waals surface area contributed by atoms with E-state index in [0.717, 1.165) is 19.6 Å². The summed E-state index contributed by atoms with van der Waals surface area (Å²) in [6, 6.07) is 8.82. The molecule has 1 aliphatic heterocycles. The molecule has 1 atom stereocenters. The van der Waals surface area contributed by atoms with E-state index in [2.05, 4.69) is 49.9 Å². The maximum absolute atomic E-state index is 5.92. The van der Waals surface area contributed by atoms with E-state index in [4.69, 9.17) is 5.73 Å². The SMILES string of the molecule is Cc1ccc(N2CCC(C)(C)C(CN)C2)cc1. The van der Waals surface area contributed by atoms with Crippen LogP contribution in [-0.2, 0) is 0 Å². The highest BCUT2D eigenvalue weighted by Crippen LogP contribution is 2.36. The largest absolute Gasteiger partial charge is 0.371 e. The summed E-state index contributed by atoms with van der Waals surface area (Å²) in [6.45, 7) is 9.84. The molecule has 17 heavy (non-hydrogen) atoms. The van der Waals surface area contributed by atoms with Crippen molar-refractivity contribution in [3.8, 4) is 0 Å². The lowest BCUT2D eigenvalue weighted by molar-refractivity contribution is 0.177. The van der Waals surface area contributed by atoms with Crippen LogP contribution in [0.5, 0.6) is 0 Å². The first-order valence-electron chi connectivity index (χ1n) is 6.54. The van der Waals surface area contributed by atoms with Crippen molar-refractivity contribution in [1.82, 2.24) is 0 Å². The number of hydrogen-bond acceptors (Lipinski definition) is 2. The number of rotatable bonds is 2. The van der Waals surface area contributed by atoms with Gasteiger partial charge in [-0.1, -0.05) is 31.5 Å². The molecule has 1 aromatic rings. The molecule has 2 rings (SSSR count). The molecule has 2 heteroatoms. The van der Waals surface area contributed by atoms with E-state index in [-0.39, 0.29) is 0 Å². The third-order valence-corrected chi connectivity index (χ3v) is 4.26. The van der Waals surface area contributed by atoms with Gasteiger partial charge in [-0.15, -0.1) is 0 Å². The van der Waals surface area contributed by atoms with Crippen LogP contribution in [0.2, 0.25) is 0 Å². The van der Waals surface area contributed by atoms with E-state index in [0.29, 0.717) is 11.3 Å². The second-order valence-corrected chi connectivity index (χ2v) is 5.95. The molecule has 1 unspecified atom stereocenters. The van der Waals surface area contributed by atoms with Crippen molar-refractivity contribution in [1.29, 1.82) is 0 Å². The molecule has 2 nitrogen and oxygen atoms in total. The fraction of sp³-hybridized carbons (Fsp3) is 0.600. The van der Waals surface area contributed by atoms with Crippen LogP contribution in [0, 0.1) is 18.3 Å². The molecule has 1 aromatic carbocycles. The number of aryl methyl sites for hydroxylation is 1. The third kappa shape index (κ3) is 2.63. The number of nitrogens with two attached hydrogens (primary N) is 1. The van der Waals surface area contributed by atoms with Gasteiger partial charge in [0.25, 0.3) is 0 Å². The third-order valence-electron chi connectivity index (χ3n) is 4.26. The predicted molar refractivity (Wildman–Crippen MR) is 74.3 cm³/mol. The van der Waals surface area contributed by atoms with Gasteiger partial charge in [-0.25, -0.2) is 0 Å². The van der Waals surface area contributed by atoms with Crippen molar-refractivity contribution in [2.45, 2.75) is 27.2 Å². The molecule has 1 heterocycles. The van der Waals surface area contributed by atoms with Crippen LogP contribution < -0.4 is 10.6 Å². The molecule has 0 aromatic heterocycles. The summed E-state index contributed by atoms with van der Waals surface area (Å²) < 4.78 is 0. The maximum atomic E-state index is 5.92. The fourth-order valence-corrected chi connectivity index (χ4v) is 2.62. The monoisotopic (exact) mass is 232 g/mol. The van der Waals surface area contributed by atoms with Crippen LogP contribution in [-0.4, -0.2) is 19.6 Å². The Kier molecular flexibility index (Phi) is 3.43. The van der Waals surface area contributed by atoms with E-state index in [1.165, 1.54) is 17.7 Å². The van der Waals surface area contributed by atoms with Crippen LogP contribution in [0.15, 0.2) is 24.3 Å². The number of hydrogen-bond donors (Lipinski definition) is 1. The zero-order chi connectivity index (χ0) is 12.5. The van der Waals surface area contributed by atoms with Gasteiger partial charge >= 0.3 is 0 Å². The summed E-state index contributed by atoms with van der Waals surface area (Å²) in [5.41, 5.74) is 8.96. The van der Waals surface area contributed by atoms with Gasteiger partial charge in [0.05, 0.1) is 0 Å². The van der Waals surface area contributed by atoms with Gasteiger partial charge in [0, 0.05) is 18.8 Å². The van der Waals surface area contributed by atoms with E-state index in [1.54, 1.807) is 0 Å². The molecule has 1 saturated heterocycles. The minimum Gasteiger partial charge on any atom is -0.371 e. The Bertz CT molecular complexity index is 367. The average Bonchev–Trinajstić information content (AvgIpc) is 2.30. The molecule has 94 valence electrons. The van der Waals surface area contributed by atoms with Crippen LogP contribution in [0.4, 0.5) is 5.69 Å². The summed E-state index contributed by atoms with van der Waals surface area (Å²) >= 11 is 0. The Morgan fingerprint density at radius 2 is 1.94 bits per heavy atom. The predicted octanol–water partition coefficient (Wildman–Crippen LogP) is 2.81. The molecule has 0 amide bonds. The van der Waals surface area contributed by atoms with E-state index >= 15 is 0 Å². The van der Waals surface area contributed by atoms with Gasteiger partial charge in [0.1, 0.15) is 0 Å². The highest BCUT2D eigenvalue weighted by molar-refractivity contribution is 5.48. The van der Waals surface area contributed by atoms with Crippen LogP contribution in [0.1, 0.15) is 25.8 Å². The molecular formula is C15H24N2. The quantitative estimate of drug-likeness (QED) is 0.849. The molecule has 0 radical (unpaired) electrons. The first-order valence-corrected chi connectivity index (χ1v) is 6.54. The minimum atomic E-state index is 0.385. The van der Waals surface area contributed by atoms with Crippen molar-refractivity contribution in [3.05, 3.63) is 29.8 Å². The van der Waals surface area contributed by atoms with Gasteiger partial charge in [0.15, 0.2) is 0 Å². The van der Waals surface area contributed by atoms with Gasteiger partial charge in [-0.3, -0.25) is 0 Å². The summed E-state index contributed by atoms with van der Waals surface area (Å²) in [5.74, 6) is 0.595. The highest BCUT2D eigenvalue weighted by atomic mass is 15.1. The molecule has 0 spiro atoms. The lowest BCUT2D eigenvalue weighted by atomic mass is 9.73. The van der Waals surface area contributed by atoms with Crippen LogP contribution >= 0.6 is 0 Å². The van der Waals surface area contributed by atoms with Crippen molar-refractivity contribution in [2.75, 3.05) is 24.5 Å². The van der Waals surface area contributed by atoms with Crippen LogP contribution in [0.3, 0.4) is 0 Å². The summed E-state index contributed by atoms with van der Waals surface area (Å²) in [6.07, 6.45) is 1.22. The lowest BCUT2D eigenvalue weighted by Crippen LogP contribution is -2.47. The van der Waals surface area contributed by atoms with Crippen LogP contribution in [0.25, 0.3) is 0 Å². The Balaban J connectivity index is 2.12. The fourth-order valence-electron chi connectivity index (χ4n) is 2.62. The average molecular weight is 232 g/mol. The van der Waals surface area contributed by atoms with E-state index in [9.17, 15) is 0 Å². The van der Waals surface area contributed by atoms with E-state index in [1.807, 2.05) is 0 Å². The van der Waals surface area contributed by atoms with Crippen molar-refractivity contribution >= 4 is 5.69 Å². The second kappa shape index (κ2) is 4.69. The molecule has 1 fully saturated rings. The minimum absolute atomic E-state index is 0.385. The molecule has 0 aliphatic carbocycles. The Hall–Kier alpha value is -1.02.